The molecule has 0 aliphatic heterocycles. The number of rotatable bonds is 6. The third-order valence-corrected chi connectivity index (χ3v) is 8.41. The summed E-state index contributed by atoms with van der Waals surface area (Å²) in [6.07, 6.45) is 2.60. The molecule has 4 nitrogen and oxygen atoms in total. The summed E-state index contributed by atoms with van der Waals surface area (Å²) in [5, 5.41) is 1.07. The standard InChI is InChI=1S/C18H23Cl2NO3S/c1-17(2)13-5-7-18(17,16(22)9-13)11-25(23,24)21-8-6-12-3-4-14(19)10-15(12)20/h3-4,10,13,21H,5-9,11H2,1-2H3/t13-,18+/m1/s1. The smallest absolute Gasteiger partial charge is 0.212 e. The molecule has 2 aliphatic carbocycles. The second-order valence-corrected chi connectivity index (χ2v) is 10.5. The van der Waals surface area contributed by atoms with E-state index in [2.05, 4.69) is 4.72 Å². The van der Waals surface area contributed by atoms with Crippen LogP contribution in [-0.4, -0.2) is 26.5 Å². The number of halogens is 2. The number of carbonyl (C=O) groups excluding carboxylic acids is 1. The first-order valence-corrected chi connectivity index (χ1v) is 10.9. The summed E-state index contributed by atoms with van der Waals surface area (Å²) in [5.41, 5.74) is -0.148. The lowest BCUT2D eigenvalue weighted by atomic mass is 9.70. The molecule has 2 fully saturated rings. The van der Waals surface area contributed by atoms with Gasteiger partial charge < -0.3 is 0 Å². The molecule has 2 aliphatic rings. The van der Waals surface area contributed by atoms with Gasteiger partial charge in [0.05, 0.1) is 5.75 Å². The number of hydrogen-bond donors (Lipinski definition) is 1. The van der Waals surface area contributed by atoms with E-state index >= 15 is 0 Å². The highest BCUT2D eigenvalue weighted by atomic mass is 35.5. The Morgan fingerprint density at radius 2 is 2.00 bits per heavy atom. The van der Waals surface area contributed by atoms with E-state index in [-0.39, 0.29) is 23.5 Å². The first-order chi connectivity index (χ1) is 11.6. The monoisotopic (exact) mass is 403 g/mol. The lowest BCUT2D eigenvalue weighted by Gasteiger charge is -2.36. The molecule has 0 unspecified atom stereocenters. The van der Waals surface area contributed by atoms with Gasteiger partial charge in [-0.3, -0.25) is 4.79 Å². The topological polar surface area (TPSA) is 63.2 Å². The Balaban J connectivity index is 1.66. The lowest BCUT2D eigenvalue weighted by molar-refractivity contribution is -0.128. The van der Waals surface area contributed by atoms with E-state index in [0.29, 0.717) is 35.2 Å². The molecule has 0 radical (unpaired) electrons. The first-order valence-electron chi connectivity index (χ1n) is 8.52. The summed E-state index contributed by atoms with van der Waals surface area (Å²) < 4.78 is 27.9. The van der Waals surface area contributed by atoms with Crippen molar-refractivity contribution in [3.05, 3.63) is 33.8 Å². The van der Waals surface area contributed by atoms with Crippen molar-refractivity contribution in [2.75, 3.05) is 12.3 Å². The maximum Gasteiger partial charge on any atom is 0.212 e. The SMILES string of the molecule is CC1(C)[C@@H]2CC[C@]1(CS(=O)(=O)NCCc1ccc(Cl)cc1Cl)C(=O)C2. The third-order valence-electron chi connectivity index (χ3n) is 6.31. The third kappa shape index (κ3) is 3.36. The largest absolute Gasteiger partial charge is 0.299 e. The van der Waals surface area contributed by atoms with Gasteiger partial charge in [-0.15, -0.1) is 0 Å². The van der Waals surface area contributed by atoms with Crippen LogP contribution in [0.15, 0.2) is 18.2 Å². The highest BCUT2D eigenvalue weighted by Gasteiger charge is 2.65. The van der Waals surface area contributed by atoms with E-state index in [0.717, 1.165) is 12.0 Å². The molecule has 0 heterocycles. The molecule has 1 N–H and O–H groups in total. The van der Waals surface area contributed by atoms with Crippen LogP contribution in [0.2, 0.25) is 10.0 Å². The van der Waals surface area contributed by atoms with Gasteiger partial charge in [0.25, 0.3) is 0 Å². The predicted octanol–water partition coefficient (Wildman–Crippen LogP) is 3.85. The van der Waals surface area contributed by atoms with Crippen LogP contribution in [0, 0.1) is 16.7 Å². The van der Waals surface area contributed by atoms with Gasteiger partial charge >= 0.3 is 0 Å². The molecule has 0 amide bonds. The predicted molar refractivity (Wildman–Crippen MR) is 101 cm³/mol. The minimum atomic E-state index is -3.54. The average molecular weight is 404 g/mol. The molecule has 1 aromatic carbocycles. The van der Waals surface area contributed by atoms with E-state index in [1.54, 1.807) is 18.2 Å². The summed E-state index contributed by atoms with van der Waals surface area (Å²) in [5.74, 6) is 0.305. The summed E-state index contributed by atoms with van der Waals surface area (Å²) in [4.78, 5) is 12.5. The van der Waals surface area contributed by atoms with Gasteiger partial charge in [0, 0.05) is 28.4 Å². The molecular weight excluding hydrogens is 381 g/mol. The number of carbonyl (C=O) groups is 1. The van der Waals surface area contributed by atoms with Crippen molar-refractivity contribution < 1.29 is 13.2 Å². The van der Waals surface area contributed by atoms with Crippen LogP contribution in [0.4, 0.5) is 0 Å². The zero-order valence-electron chi connectivity index (χ0n) is 14.4. The summed E-state index contributed by atoms with van der Waals surface area (Å²) in [7, 11) is -3.54. The Hall–Kier alpha value is -0.620. The van der Waals surface area contributed by atoms with Crippen molar-refractivity contribution in [3.8, 4) is 0 Å². The number of ketones is 1. The van der Waals surface area contributed by atoms with Gasteiger partial charge in [0.15, 0.2) is 0 Å². The van der Waals surface area contributed by atoms with E-state index in [1.165, 1.54) is 0 Å². The quantitative estimate of drug-likeness (QED) is 0.784. The number of sulfonamides is 1. The average Bonchev–Trinajstić information content (AvgIpc) is 2.83. The first kappa shape index (κ1) is 19.2. The summed E-state index contributed by atoms with van der Waals surface area (Å²) in [6, 6.07) is 5.17. The number of nitrogens with one attached hydrogen (secondary N) is 1. The molecule has 2 bridgehead atoms. The van der Waals surface area contributed by atoms with Gasteiger partial charge in [-0.25, -0.2) is 13.1 Å². The Labute approximate surface area is 159 Å². The van der Waals surface area contributed by atoms with Crippen molar-refractivity contribution in [2.45, 2.75) is 39.5 Å². The summed E-state index contributed by atoms with van der Waals surface area (Å²) >= 11 is 12.0. The van der Waals surface area contributed by atoms with E-state index in [1.807, 2.05) is 13.8 Å². The van der Waals surface area contributed by atoms with Gasteiger partial charge in [-0.05, 0) is 48.3 Å². The number of Topliss-reactive ketones (excluding diaryl/α,β-unsaturated/α-hetero) is 1. The van der Waals surface area contributed by atoms with Gasteiger partial charge in [0.2, 0.25) is 10.0 Å². The minimum Gasteiger partial charge on any atom is -0.299 e. The van der Waals surface area contributed by atoms with Crippen molar-refractivity contribution in [3.63, 3.8) is 0 Å². The van der Waals surface area contributed by atoms with E-state index in [9.17, 15) is 13.2 Å². The molecule has 2 atom stereocenters. The molecule has 0 aromatic heterocycles. The zero-order chi connectivity index (χ0) is 18.5. The molecule has 0 spiro atoms. The maximum atomic E-state index is 12.6. The molecule has 138 valence electrons. The zero-order valence-corrected chi connectivity index (χ0v) is 16.8. The van der Waals surface area contributed by atoms with Crippen LogP contribution in [0.3, 0.4) is 0 Å². The Kier molecular flexibility index (Phi) is 4.99. The second kappa shape index (κ2) is 6.52. The van der Waals surface area contributed by atoms with Crippen LogP contribution in [0.5, 0.6) is 0 Å². The molecule has 3 rings (SSSR count). The number of hydrogen-bond acceptors (Lipinski definition) is 3. The number of benzene rings is 1. The maximum absolute atomic E-state index is 12.6. The van der Waals surface area contributed by atoms with Crippen molar-refractivity contribution in [1.29, 1.82) is 0 Å². The normalized spacial score (nSPS) is 27.8. The van der Waals surface area contributed by atoms with Crippen LogP contribution in [-0.2, 0) is 21.2 Å². The fourth-order valence-electron chi connectivity index (χ4n) is 4.55. The van der Waals surface area contributed by atoms with E-state index < -0.39 is 15.4 Å². The van der Waals surface area contributed by atoms with Crippen molar-refractivity contribution in [2.24, 2.45) is 16.7 Å². The van der Waals surface area contributed by atoms with Crippen LogP contribution >= 0.6 is 23.2 Å². The van der Waals surface area contributed by atoms with Crippen LogP contribution < -0.4 is 4.72 Å². The van der Waals surface area contributed by atoms with Gasteiger partial charge in [-0.2, -0.15) is 0 Å². The van der Waals surface area contributed by atoms with Crippen molar-refractivity contribution >= 4 is 39.0 Å². The summed E-state index contributed by atoms with van der Waals surface area (Å²) in [6.45, 7) is 4.33. The molecule has 25 heavy (non-hydrogen) atoms. The van der Waals surface area contributed by atoms with Crippen LogP contribution in [0.25, 0.3) is 0 Å². The fraction of sp³-hybridized carbons (Fsp3) is 0.611. The molecular formula is C18H23Cl2NO3S. The lowest BCUT2D eigenvalue weighted by Crippen LogP contribution is -2.45. The molecule has 2 saturated carbocycles. The van der Waals surface area contributed by atoms with Crippen LogP contribution in [0.1, 0.15) is 38.7 Å². The molecule has 1 aromatic rings. The van der Waals surface area contributed by atoms with Crippen molar-refractivity contribution in [1.82, 2.24) is 4.72 Å². The second-order valence-electron chi connectivity index (χ2n) is 7.81. The Bertz CT molecular complexity index is 807. The highest BCUT2D eigenvalue weighted by molar-refractivity contribution is 7.89. The van der Waals surface area contributed by atoms with Gasteiger partial charge in [-0.1, -0.05) is 43.1 Å². The highest BCUT2D eigenvalue weighted by Crippen LogP contribution is 2.64. The number of fused-ring (bicyclic) bond motifs is 2. The Morgan fingerprint density at radius 1 is 1.28 bits per heavy atom. The van der Waals surface area contributed by atoms with E-state index in [4.69, 9.17) is 23.2 Å². The molecule has 0 saturated heterocycles. The molecule has 7 heteroatoms. The minimum absolute atomic E-state index is 0.111. The van der Waals surface area contributed by atoms with Gasteiger partial charge in [0.1, 0.15) is 5.78 Å². The fourth-order valence-corrected chi connectivity index (χ4v) is 6.89. The Morgan fingerprint density at radius 3 is 2.56 bits per heavy atom.